The van der Waals surface area contributed by atoms with Crippen LogP contribution in [0.25, 0.3) is 0 Å². The van der Waals surface area contributed by atoms with Crippen LogP contribution in [-0.4, -0.2) is 19.3 Å². The van der Waals surface area contributed by atoms with E-state index in [4.69, 9.17) is 9.47 Å². The minimum Gasteiger partial charge on any atom is -0.497 e. The van der Waals surface area contributed by atoms with Gasteiger partial charge < -0.3 is 9.47 Å². The topological polar surface area (TPSA) is 21.8 Å². The first kappa shape index (κ1) is 7.63. The van der Waals surface area contributed by atoms with Crippen LogP contribution in [0.5, 0.6) is 0 Å². The van der Waals surface area contributed by atoms with Crippen LogP contribution in [-0.2, 0) is 9.47 Å². The zero-order valence-corrected chi connectivity index (χ0v) is 7.82. The SMILES string of the molecule is COC1=C[C@@H]2O[C@H]2[C@H]2CCCC=C12. The lowest BCUT2D eigenvalue weighted by Gasteiger charge is -2.26. The Morgan fingerprint density at radius 3 is 3.31 bits per heavy atom. The quantitative estimate of drug-likeness (QED) is 0.573. The average molecular weight is 178 g/mol. The van der Waals surface area contributed by atoms with Crippen LogP contribution in [0.15, 0.2) is 23.5 Å². The summed E-state index contributed by atoms with van der Waals surface area (Å²) in [6, 6.07) is 0. The molecule has 0 radical (unpaired) electrons. The van der Waals surface area contributed by atoms with E-state index >= 15 is 0 Å². The predicted octanol–water partition coefficient (Wildman–Crippen LogP) is 2.02. The van der Waals surface area contributed by atoms with Crippen LogP contribution in [0.3, 0.4) is 0 Å². The molecule has 0 aromatic heterocycles. The minimum atomic E-state index is 0.357. The molecule has 2 nitrogen and oxygen atoms in total. The van der Waals surface area contributed by atoms with E-state index < -0.39 is 0 Å². The highest BCUT2D eigenvalue weighted by molar-refractivity contribution is 5.38. The van der Waals surface area contributed by atoms with Gasteiger partial charge >= 0.3 is 0 Å². The first-order valence-corrected chi connectivity index (χ1v) is 5.02. The van der Waals surface area contributed by atoms with Gasteiger partial charge in [-0.3, -0.25) is 0 Å². The van der Waals surface area contributed by atoms with Gasteiger partial charge in [-0.1, -0.05) is 6.08 Å². The normalized spacial score (nSPS) is 41.2. The van der Waals surface area contributed by atoms with Gasteiger partial charge in [0, 0.05) is 5.92 Å². The third-order valence-electron chi connectivity index (χ3n) is 3.26. The number of hydrogen-bond acceptors (Lipinski definition) is 2. The molecule has 1 fully saturated rings. The van der Waals surface area contributed by atoms with Gasteiger partial charge in [0.05, 0.1) is 13.2 Å². The lowest BCUT2D eigenvalue weighted by Crippen LogP contribution is -2.22. The molecule has 2 aliphatic carbocycles. The smallest absolute Gasteiger partial charge is 0.120 e. The summed E-state index contributed by atoms with van der Waals surface area (Å²) in [5, 5.41) is 0. The molecule has 0 amide bonds. The Morgan fingerprint density at radius 1 is 1.54 bits per heavy atom. The van der Waals surface area contributed by atoms with Gasteiger partial charge in [-0.25, -0.2) is 0 Å². The Morgan fingerprint density at radius 2 is 2.46 bits per heavy atom. The van der Waals surface area contributed by atoms with Crippen molar-refractivity contribution < 1.29 is 9.47 Å². The van der Waals surface area contributed by atoms with Crippen molar-refractivity contribution in [3.63, 3.8) is 0 Å². The van der Waals surface area contributed by atoms with E-state index in [1.165, 1.54) is 24.8 Å². The molecular weight excluding hydrogens is 164 g/mol. The van der Waals surface area contributed by atoms with Crippen molar-refractivity contribution in [1.82, 2.24) is 0 Å². The Bertz CT molecular complexity index is 290. The molecule has 13 heavy (non-hydrogen) atoms. The first-order chi connectivity index (χ1) is 6.40. The van der Waals surface area contributed by atoms with E-state index in [1.807, 2.05) is 0 Å². The molecule has 0 saturated carbocycles. The lowest BCUT2D eigenvalue weighted by molar-refractivity contribution is 0.274. The fraction of sp³-hybridized carbons (Fsp3) is 0.636. The highest BCUT2D eigenvalue weighted by atomic mass is 16.6. The maximum absolute atomic E-state index is 5.58. The first-order valence-electron chi connectivity index (χ1n) is 5.02. The molecule has 0 aromatic carbocycles. The average Bonchev–Trinajstić information content (AvgIpc) is 2.95. The Hall–Kier alpha value is -0.760. The van der Waals surface area contributed by atoms with Crippen molar-refractivity contribution >= 4 is 0 Å². The molecule has 3 aliphatic rings. The van der Waals surface area contributed by atoms with Gasteiger partial charge in [0.1, 0.15) is 11.9 Å². The van der Waals surface area contributed by atoms with E-state index in [1.54, 1.807) is 7.11 Å². The fourth-order valence-electron chi connectivity index (χ4n) is 2.55. The summed E-state index contributed by atoms with van der Waals surface area (Å²) < 4.78 is 11.0. The number of ether oxygens (including phenoxy) is 2. The van der Waals surface area contributed by atoms with E-state index in [2.05, 4.69) is 12.2 Å². The van der Waals surface area contributed by atoms with Crippen LogP contribution in [0.4, 0.5) is 0 Å². The van der Waals surface area contributed by atoms with Gasteiger partial charge in [-0.2, -0.15) is 0 Å². The van der Waals surface area contributed by atoms with Crippen LogP contribution >= 0.6 is 0 Å². The Labute approximate surface area is 78.2 Å². The van der Waals surface area contributed by atoms with Gasteiger partial charge in [-0.15, -0.1) is 0 Å². The summed E-state index contributed by atoms with van der Waals surface area (Å²) in [6.07, 6.45) is 9.05. The second-order valence-electron chi connectivity index (χ2n) is 4.00. The van der Waals surface area contributed by atoms with Crippen molar-refractivity contribution in [1.29, 1.82) is 0 Å². The summed E-state index contributed by atoms with van der Waals surface area (Å²) in [7, 11) is 1.75. The van der Waals surface area contributed by atoms with Crippen molar-refractivity contribution in [2.75, 3.05) is 7.11 Å². The predicted molar refractivity (Wildman–Crippen MR) is 49.2 cm³/mol. The van der Waals surface area contributed by atoms with Crippen LogP contribution in [0, 0.1) is 5.92 Å². The van der Waals surface area contributed by atoms with Gasteiger partial charge in [0.2, 0.25) is 0 Å². The number of fused-ring (bicyclic) bond motifs is 3. The summed E-state index contributed by atoms with van der Waals surface area (Å²) in [5.74, 6) is 1.68. The number of allylic oxidation sites excluding steroid dienone is 2. The number of methoxy groups -OCH3 is 1. The third kappa shape index (κ3) is 1.05. The molecule has 1 saturated heterocycles. The molecule has 0 spiro atoms. The molecular formula is C11H14O2. The third-order valence-corrected chi connectivity index (χ3v) is 3.26. The largest absolute Gasteiger partial charge is 0.497 e. The standard InChI is InChI=1S/C11H14O2/c1-12-9-6-10-11(13-10)8-5-3-2-4-7(8)9/h4,6,8,10-11H,2-3,5H2,1H3/t8-,10-,11-/m0/s1. The van der Waals surface area contributed by atoms with Crippen LogP contribution in [0.2, 0.25) is 0 Å². The maximum Gasteiger partial charge on any atom is 0.120 e. The monoisotopic (exact) mass is 178 g/mol. The zero-order valence-electron chi connectivity index (χ0n) is 7.82. The molecule has 0 N–H and O–H groups in total. The van der Waals surface area contributed by atoms with Gasteiger partial charge in [-0.05, 0) is 30.9 Å². The lowest BCUT2D eigenvalue weighted by atomic mass is 9.80. The Balaban J connectivity index is 1.99. The van der Waals surface area contributed by atoms with Crippen LogP contribution < -0.4 is 0 Å². The molecule has 0 bridgehead atoms. The number of hydrogen-bond donors (Lipinski definition) is 0. The molecule has 1 heterocycles. The number of rotatable bonds is 1. The second kappa shape index (κ2) is 2.61. The molecule has 3 rings (SSSR count). The van der Waals surface area contributed by atoms with Crippen molar-refractivity contribution in [2.45, 2.75) is 31.5 Å². The molecule has 70 valence electrons. The fourth-order valence-corrected chi connectivity index (χ4v) is 2.55. The highest BCUT2D eigenvalue weighted by Crippen LogP contribution is 2.46. The van der Waals surface area contributed by atoms with Gasteiger partial charge in [0.15, 0.2) is 0 Å². The molecule has 3 atom stereocenters. The molecule has 1 aliphatic heterocycles. The molecule has 2 heteroatoms. The summed E-state index contributed by atoms with van der Waals surface area (Å²) in [5.41, 5.74) is 1.40. The maximum atomic E-state index is 5.58. The van der Waals surface area contributed by atoms with Crippen molar-refractivity contribution in [3.05, 3.63) is 23.5 Å². The van der Waals surface area contributed by atoms with Crippen molar-refractivity contribution in [3.8, 4) is 0 Å². The summed E-state index contributed by atoms with van der Waals surface area (Å²) in [6.45, 7) is 0. The van der Waals surface area contributed by atoms with Crippen molar-refractivity contribution in [2.24, 2.45) is 5.92 Å². The highest BCUT2D eigenvalue weighted by Gasteiger charge is 2.49. The minimum absolute atomic E-state index is 0.357. The van der Waals surface area contributed by atoms with E-state index in [0.717, 1.165) is 5.76 Å². The Kier molecular flexibility index (Phi) is 1.53. The summed E-state index contributed by atoms with van der Waals surface area (Å²) >= 11 is 0. The van der Waals surface area contributed by atoms with E-state index in [9.17, 15) is 0 Å². The van der Waals surface area contributed by atoms with E-state index in [-0.39, 0.29) is 0 Å². The molecule has 0 aromatic rings. The summed E-state index contributed by atoms with van der Waals surface area (Å²) in [4.78, 5) is 0. The number of epoxide rings is 1. The van der Waals surface area contributed by atoms with E-state index in [0.29, 0.717) is 18.1 Å². The zero-order chi connectivity index (χ0) is 8.84. The van der Waals surface area contributed by atoms with Gasteiger partial charge in [0.25, 0.3) is 0 Å². The second-order valence-corrected chi connectivity index (χ2v) is 4.00. The molecule has 0 unspecified atom stereocenters. The van der Waals surface area contributed by atoms with Crippen LogP contribution in [0.1, 0.15) is 19.3 Å².